The molecule has 2 heterocycles. The van der Waals surface area contributed by atoms with E-state index in [2.05, 4.69) is 15.6 Å². The first kappa shape index (κ1) is 21.2. The number of carbonyl (C=O) groups excluding carboxylic acids is 2. The molecule has 0 saturated heterocycles. The fourth-order valence-electron chi connectivity index (χ4n) is 2.66. The van der Waals surface area contributed by atoms with E-state index in [-0.39, 0.29) is 17.2 Å². The normalized spacial score (nSPS) is 12.2. The highest BCUT2D eigenvalue weighted by Gasteiger charge is 2.32. The highest BCUT2D eigenvalue weighted by molar-refractivity contribution is 7.91. The first-order valence-electron chi connectivity index (χ1n) is 8.85. The van der Waals surface area contributed by atoms with Crippen molar-refractivity contribution in [1.82, 2.24) is 15.6 Å². The zero-order valence-electron chi connectivity index (χ0n) is 15.6. The number of halogens is 1. The van der Waals surface area contributed by atoms with Gasteiger partial charge in [-0.05, 0) is 54.1 Å². The van der Waals surface area contributed by atoms with Crippen LogP contribution in [-0.2, 0) is 26.0 Å². The van der Waals surface area contributed by atoms with Gasteiger partial charge in [0.15, 0.2) is 9.84 Å². The Morgan fingerprint density at radius 2 is 1.67 bits per heavy atom. The second-order valence-corrected chi connectivity index (χ2v) is 8.38. The van der Waals surface area contributed by atoms with Crippen LogP contribution in [0.2, 0.25) is 0 Å². The molecule has 0 saturated carbocycles. The minimum atomic E-state index is -4.03. The van der Waals surface area contributed by atoms with Crippen molar-refractivity contribution in [3.8, 4) is 0 Å². The van der Waals surface area contributed by atoms with Gasteiger partial charge in [0.25, 0.3) is 0 Å². The third-order valence-electron chi connectivity index (χ3n) is 4.23. The van der Waals surface area contributed by atoms with Gasteiger partial charge in [0.1, 0.15) is 16.8 Å². The lowest BCUT2D eigenvalue weighted by Gasteiger charge is -2.16. The number of pyridine rings is 1. The molecule has 2 aromatic heterocycles. The van der Waals surface area contributed by atoms with Crippen molar-refractivity contribution in [3.05, 3.63) is 84.3 Å². The molecule has 0 bridgehead atoms. The van der Waals surface area contributed by atoms with Crippen LogP contribution in [0.4, 0.5) is 4.39 Å². The van der Waals surface area contributed by atoms with E-state index in [9.17, 15) is 22.4 Å². The van der Waals surface area contributed by atoms with Crippen LogP contribution in [0.15, 0.2) is 76.5 Å². The van der Waals surface area contributed by atoms with Crippen LogP contribution in [0.1, 0.15) is 16.6 Å². The molecule has 2 amide bonds. The number of rotatable bonds is 7. The molecule has 0 aliphatic rings. The molecule has 1 atom stereocenters. The maximum Gasteiger partial charge on any atom is 0.309 e. The van der Waals surface area contributed by atoms with Crippen LogP contribution in [0.3, 0.4) is 0 Å². The van der Waals surface area contributed by atoms with Crippen LogP contribution < -0.4 is 10.6 Å². The molecule has 0 fully saturated rings. The van der Waals surface area contributed by atoms with E-state index >= 15 is 0 Å². The fraction of sp³-hybridized carbons (Fsp3) is 0.150. The number of nitrogens with zero attached hydrogens (tertiary/aromatic N) is 1. The highest BCUT2D eigenvalue weighted by atomic mass is 32.2. The number of furan rings is 1. The Balaban J connectivity index is 1.69. The number of aromatic nitrogens is 1. The molecule has 1 aromatic carbocycles. The summed E-state index contributed by atoms with van der Waals surface area (Å²) in [5.41, 5.74) is 0.749. The molecule has 0 radical (unpaired) electrons. The average molecular weight is 431 g/mol. The molecular weight excluding hydrogens is 413 g/mol. The van der Waals surface area contributed by atoms with Crippen molar-refractivity contribution >= 4 is 21.7 Å². The third-order valence-corrected chi connectivity index (χ3v) is 6.31. The van der Waals surface area contributed by atoms with Gasteiger partial charge in [-0.2, -0.15) is 0 Å². The second-order valence-electron chi connectivity index (χ2n) is 6.25. The maximum atomic E-state index is 13.2. The zero-order chi connectivity index (χ0) is 21.6. The van der Waals surface area contributed by atoms with Crippen LogP contribution in [0.25, 0.3) is 0 Å². The Morgan fingerprint density at radius 1 is 1.00 bits per heavy atom. The Labute approximate surface area is 172 Å². The summed E-state index contributed by atoms with van der Waals surface area (Å²) in [6, 6.07) is 10.6. The lowest BCUT2D eigenvalue weighted by molar-refractivity contribution is -0.139. The van der Waals surface area contributed by atoms with Gasteiger partial charge in [0.2, 0.25) is 0 Å². The number of hydrogen-bond donors (Lipinski definition) is 2. The summed E-state index contributed by atoms with van der Waals surface area (Å²) in [5.74, 6) is -2.40. The highest BCUT2D eigenvalue weighted by Crippen LogP contribution is 2.29. The summed E-state index contributed by atoms with van der Waals surface area (Å²) in [7, 11) is -4.03. The van der Waals surface area contributed by atoms with E-state index in [0.29, 0.717) is 0 Å². The minimum absolute atomic E-state index is 0.0804. The molecule has 10 heteroatoms. The Hall–Kier alpha value is -3.53. The summed E-state index contributed by atoms with van der Waals surface area (Å²) in [6.45, 7) is -0.293. The predicted octanol–water partition coefficient (Wildman–Crippen LogP) is 1.76. The SMILES string of the molecule is O=C(NCc1ccncc1)C(=O)NC[C@@H](c1ccco1)S(=O)(=O)c1ccc(F)cc1. The van der Waals surface area contributed by atoms with Crippen LogP contribution in [0, 0.1) is 5.82 Å². The summed E-state index contributed by atoms with van der Waals surface area (Å²) in [6.07, 6.45) is 4.40. The van der Waals surface area contributed by atoms with Crippen LogP contribution in [-0.4, -0.2) is 31.8 Å². The largest absolute Gasteiger partial charge is 0.468 e. The Kier molecular flexibility index (Phi) is 6.58. The summed E-state index contributed by atoms with van der Waals surface area (Å²) >= 11 is 0. The summed E-state index contributed by atoms with van der Waals surface area (Å²) < 4.78 is 44.4. The summed E-state index contributed by atoms with van der Waals surface area (Å²) in [5, 5.41) is 3.46. The molecule has 0 unspecified atom stereocenters. The van der Waals surface area contributed by atoms with Crippen LogP contribution >= 0.6 is 0 Å². The van der Waals surface area contributed by atoms with Crippen molar-refractivity contribution in [2.75, 3.05) is 6.54 Å². The van der Waals surface area contributed by atoms with E-state index in [4.69, 9.17) is 4.42 Å². The number of sulfone groups is 1. The van der Waals surface area contributed by atoms with E-state index < -0.39 is 39.3 Å². The number of nitrogens with one attached hydrogen (secondary N) is 2. The van der Waals surface area contributed by atoms with Crippen molar-refractivity contribution in [2.45, 2.75) is 16.7 Å². The molecule has 156 valence electrons. The molecule has 0 aliphatic carbocycles. The van der Waals surface area contributed by atoms with Crippen LogP contribution in [0.5, 0.6) is 0 Å². The molecule has 2 N–H and O–H groups in total. The van der Waals surface area contributed by atoms with Crippen molar-refractivity contribution in [2.24, 2.45) is 0 Å². The fourth-order valence-corrected chi connectivity index (χ4v) is 4.24. The second kappa shape index (κ2) is 9.31. The molecule has 3 rings (SSSR count). The zero-order valence-corrected chi connectivity index (χ0v) is 16.4. The first-order valence-corrected chi connectivity index (χ1v) is 10.4. The van der Waals surface area contributed by atoms with Gasteiger partial charge < -0.3 is 15.1 Å². The topological polar surface area (TPSA) is 118 Å². The van der Waals surface area contributed by atoms with Gasteiger partial charge in [0.05, 0.1) is 11.2 Å². The number of carbonyl (C=O) groups is 2. The quantitative estimate of drug-likeness (QED) is 0.435. The molecular formula is C20H18FN3O5S. The lowest BCUT2D eigenvalue weighted by atomic mass is 10.2. The van der Waals surface area contributed by atoms with Gasteiger partial charge in [-0.3, -0.25) is 14.6 Å². The number of benzene rings is 1. The predicted molar refractivity (Wildman–Crippen MR) is 104 cm³/mol. The van der Waals surface area contributed by atoms with Gasteiger partial charge in [0, 0.05) is 25.5 Å². The van der Waals surface area contributed by atoms with E-state index in [1.165, 1.54) is 18.4 Å². The van der Waals surface area contributed by atoms with Gasteiger partial charge in [-0.15, -0.1) is 0 Å². The molecule has 0 aliphatic heterocycles. The van der Waals surface area contributed by atoms with E-state index in [0.717, 1.165) is 29.8 Å². The lowest BCUT2D eigenvalue weighted by Crippen LogP contribution is -2.42. The Bertz CT molecular complexity index is 1100. The van der Waals surface area contributed by atoms with Gasteiger partial charge in [-0.1, -0.05) is 0 Å². The van der Waals surface area contributed by atoms with E-state index in [1.807, 2.05) is 0 Å². The van der Waals surface area contributed by atoms with E-state index in [1.54, 1.807) is 24.5 Å². The molecule has 30 heavy (non-hydrogen) atoms. The first-order chi connectivity index (χ1) is 14.4. The molecule has 0 spiro atoms. The van der Waals surface area contributed by atoms with Gasteiger partial charge in [-0.25, -0.2) is 12.8 Å². The maximum absolute atomic E-state index is 13.2. The Morgan fingerprint density at radius 3 is 2.30 bits per heavy atom. The summed E-state index contributed by atoms with van der Waals surface area (Å²) in [4.78, 5) is 27.9. The van der Waals surface area contributed by atoms with Crippen molar-refractivity contribution in [3.63, 3.8) is 0 Å². The minimum Gasteiger partial charge on any atom is -0.468 e. The number of hydrogen-bond acceptors (Lipinski definition) is 6. The smallest absolute Gasteiger partial charge is 0.309 e. The average Bonchev–Trinajstić information content (AvgIpc) is 3.27. The van der Waals surface area contributed by atoms with Gasteiger partial charge >= 0.3 is 11.8 Å². The third kappa shape index (κ3) is 5.09. The molecule has 8 nitrogen and oxygen atoms in total. The van der Waals surface area contributed by atoms with Crippen molar-refractivity contribution in [1.29, 1.82) is 0 Å². The number of amides is 2. The molecule has 3 aromatic rings. The standard InChI is InChI=1S/C20H18FN3O5S/c21-15-3-5-16(6-4-15)30(27,28)18(17-2-1-11-29-17)13-24-20(26)19(25)23-12-14-7-9-22-10-8-14/h1-11,18H,12-13H2,(H,23,25)(H,24,26)/t18-/m0/s1. The van der Waals surface area contributed by atoms with Crippen molar-refractivity contribution < 1.29 is 26.8 Å². The monoisotopic (exact) mass is 431 g/mol.